The second-order valence-electron chi connectivity index (χ2n) is 5.81. The number of nitrogens with zero attached hydrogens (tertiary/aromatic N) is 3. The van der Waals surface area contributed by atoms with Crippen molar-refractivity contribution in [2.45, 2.75) is 20.0 Å². The topological polar surface area (TPSA) is 44.3 Å². The number of aromatic amines is 1. The zero-order chi connectivity index (χ0) is 18.7. The standard InChI is InChI=1S/C19H19F3N4/c1-3-26(4-2)15-8-5-13(6-9-15)12-23-14-7-10-16-17(11-14)25-18(24-16)19(20,21)22/h5-12H,3-4H2,1-2H3,(H,24,25). The zero-order valence-electron chi connectivity index (χ0n) is 14.5. The monoisotopic (exact) mass is 360 g/mol. The first kappa shape index (κ1) is 18.0. The van der Waals surface area contributed by atoms with Crippen LogP contribution in [-0.4, -0.2) is 29.3 Å². The van der Waals surface area contributed by atoms with Gasteiger partial charge in [0.05, 0.1) is 16.7 Å². The quantitative estimate of drug-likeness (QED) is 0.637. The molecule has 0 radical (unpaired) electrons. The van der Waals surface area contributed by atoms with Gasteiger partial charge in [-0.25, -0.2) is 4.98 Å². The summed E-state index contributed by atoms with van der Waals surface area (Å²) in [6.45, 7) is 6.09. The average Bonchev–Trinajstić information content (AvgIpc) is 3.06. The number of hydrogen-bond acceptors (Lipinski definition) is 3. The summed E-state index contributed by atoms with van der Waals surface area (Å²) >= 11 is 0. The number of anilines is 1. The first-order chi connectivity index (χ1) is 12.4. The van der Waals surface area contributed by atoms with Crippen molar-refractivity contribution in [3.63, 3.8) is 0 Å². The van der Waals surface area contributed by atoms with Crippen LogP contribution >= 0.6 is 0 Å². The number of rotatable bonds is 5. The Hall–Kier alpha value is -2.83. The number of benzene rings is 2. The summed E-state index contributed by atoms with van der Waals surface area (Å²) in [6.07, 6.45) is -2.80. The van der Waals surface area contributed by atoms with E-state index in [2.05, 4.69) is 33.7 Å². The Labute approximate surface area is 149 Å². The van der Waals surface area contributed by atoms with Gasteiger partial charge in [-0.15, -0.1) is 0 Å². The Kier molecular flexibility index (Phi) is 4.97. The minimum absolute atomic E-state index is 0.264. The van der Waals surface area contributed by atoms with Crippen molar-refractivity contribution in [3.05, 3.63) is 53.9 Å². The van der Waals surface area contributed by atoms with E-state index in [1.54, 1.807) is 18.3 Å². The normalized spacial score (nSPS) is 12.2. The van der Waals surface area contributed by atoms with Gasteiger partial charge in [0, 0.05) is 25.0 Å². The summed E-state index contributed by atoms with van der Waals surface area (Å²) in [6, 6.07) is 12.7. The van der Waals surface area contributed by atoms with Gasteiger partial charge in [-0.05, 0) is 49.7 Å². The predicted molar refractivity (Wildman–Crippen MR) is 98.4 cm³/mol. The lowest BCUT2D eigenvalue weighted by molar-refractivity contribution is -0.144. The lowest BCUT2D eigenvalue weighted by Crippen LogP contribution is -2.21. The molecule has 0 saturated heterocycles. The summed E-state index contributed by atoms with van der Waals surface area (Å²) in [5.74, 6) is -0.999. The molecule has 0 unspecified atom stereocenters. The number of imidazole rings is 1. The minimum atomic E-state index is -4.49. The molecule has 0 bridgehead atoms. The third kappa shape index (κ3) is 3.87. The van der Waals surface area contributed by atoms with Gasteiger partial charge in [-0.2, -0.15) is 13.2 Å². The second-order valence-corrected chi connectivity index (χ2v) is 5.81. The SMILES string of the molecule is CCN(CC)c1ccc(C=Nc2ccc3nc(C(F)(F)F)[nH]c3c2)cc1. The van der Waals surface area contributed by atoms with Gasteiger partial charge in [0.25, 0.3) is 0 Å². The number of fused-ring (bicyclic) bond motifs is 1. The van der Waals surface area contributed by atoms with Crippen molar-refractivity contribution < 1.29 is 13.2 Å². The van der Waals surface area contributed by atoms with Crippen LogP contribution in [0.3, 0.4) is 0 Å². The Balaban J connectivity index is 1.79. The highest BCUT2D eigenvalue weighted by Crippen LogP contribution is 2.29. The summed E-state index contributed by atoms with van der Waals surface area (Å²) in [5.41, 5.74) is 3.19. The Bertz CT molecular complexity index is 907. The molecule has 0 aliphatic heterocycles. The molecule has 0 amide bonds. The third-order valence-electron chi connectivity index (χ3n) is 4.12. The molecular formula is C19H19F3N4. The van der Waals surface area contributed by atoms with Crippen molar-refractivity contribution >= 4 is 28.6 Å². The van der Waals surface area contributed by atoms with Gasteiger partial charge < -0.3 is 9.88 Å². The highest BCUT2D eigenvalue weighted by atomic mass is 19.4. The maximum absolute atomic E-state index is 12.7. The first-order valence-corrected chi connectivity index (χ1v) is 8.36. The van der Waals surface area contributed by atoms with Crippen LogP contribution < -0.4 is 4.90 Å². The molecule has 0 fully saturated rings. The van der Waals surface area contributed by atoms with Crippen LogP contribution in [0.2, 0.25) is 0 Å². The van der Waals surface area contributed by atoms with E-state index in [0.717, 1.165) is 24.3 Å². The van der Waals surface area contributed by atoms with E-state index >= 15 is 0 Å². The number of halogens is 3. The molecule has 2 aromatic carbocycles. The third-order valence-corrected chi connectivity index (χ3v) is 4.12. The Morgan fingerprint density at radius 2 is 1.77 bits per heavy atom. The van der Waals surface area contributed by atoms with Gasteiger partial charge in [-0.1, -0.05) is 12.1 Å². The fourth-order valence-corrected chi connectivity index (χ4v) is 2.72. The van der Waals surface area contributed by atoms with Gasteiger partial charge in [0.1, 0.15) is 0 Å². The van der Waals surface area contributed by atoms with Gasteiger partial charge in [0.15, 0.2) is 0 Å². The average molecular weight is 360 g/mol. The van der Waals surface area contributed by atoms with Crippen molar-refractivity contribution in [1.82, 2.24) is 9.97 Å². The molecule has 0 saturated carbocycles. The Morgan fingerprint density at radius 1 is 1.08 bits per heavy atom. The lowest BCUT2D eigenvalue weighted by Gasteiger charge is -2.20. The fraction of sp³-hybridized carbons (Fsp3) is 0.263. The summed E-state index contributed by atoms with van der Waals surface area (Å²) < 4.78 is 38.1. The molecule has 3 aromatic rings. The number of nitrogens with one attached hydrogen (secondary N) is 1. The summed E-state index contributed by atoms with van der Waals surface area (Å²) in [5, 5.41) is 0. The van der Waals surface area contributed by atoms with Crippen LogP contribution in [0.5, 0.6) is 0 Å². The number of aromatic nitrogens is 2. The molecule has 26 heavy (non-hydrogen) atoms. The molecule has 0 aliphatic rings. The van der Waals surface area contributed by atoms with E-state index in [1.165, 1.54) is 6.07 Å². The van der Waals surface area contributed by atoms with Crippen LogP contribution in [0.1, 0.15) is 25.2 Å². The molecular weight excluding hydrogens is 341 g/mol. The summed E-state index contributed by atoms with van der Waals surface area (Å²) in [4.78, 5) is 12.4. The smallest absolute Gasteiger partial charge is 0.372 e. The molecule has 1 aromatic heterocycles. The van der Waals surface area contributed by atoms with Gasteiger partial charge >= 0.3 is 6.18 Å². The molecule has 0 aliphatic carbocycles. The molecule has 0 atom stereocenters. The molecule has 1 N–H and O–H groups in total. The van der Waals surface area contributed by atoms with E-state index in [9.17, 15) is 13.2 Å². The minimum Gasteiger partial charge on any atom is -0.372 e. The maximum Gasteiger partial charge on any atom is 0.449 e. The predicted octanol–water partition coefficient (Wildman–Crippen LogP) is 5.18. The molecule has 136 valence electrons. The fourth-order valence-electron chi connectivity index (χ4n) is 2.72. The van der Waals surface area contributed by atoms with Gasteiger partial charge in [0.2, 0.25) is 5.82 Å². The lowest BCUT2D eigenvalue weighted by atomic mass is 10.2. The van der Waals surface area contributed by atoms with E-state index in [4.69, 9.17) is 0 Å². The zero-order valence-corrected chi connectivity index (χ0v) is 14.5. The number of hydrogen-bond donors (Lipinski definition) is 1. The van der Waals surface area contributed by atoms with Crippen molar-refractivity contribution in [3.8, 4) is 0 Å². The Morgan fingerprint density at radius 3 is 2.38 bits per heavy atom. The molecule has 4 nitrogen and oxygen atoms in total. The molecule has 1 heterocycles. The number of alkyl halides is 3. The van der Waals surface area contributed by atoms with Crippen molar-refractivity contribution in [1.29, 1.82) is 0 Å². The summed E-state index contributed by atoms with van der Waals surface area (Å²) in [7, 11) is 0. The van der Waals surface area contributed by atoms with Crippen molar-refractivity contribution in [2.75, 3.05) is 18.0 Å². The van der Waals surface area contributed by atoms with Crippen LogP contribution in [-0.2, 0) is 6.18 Å². The van der Waals surface area contributed by atoms with Crippen LogP contribution in [0.4, 0.5) is 24.5 Å². The van der Waals surface area contributed by atoms with Crippen LogP contribution in [0.25, 0.3) is 11.0 Å². The number of aliphatic imine (C=N–C) groups is 1. The number of H-pyrrole nitrogens is 1. The molecule has 7 heteroatoms. The van der Waals surface area contributed by atoms with Crippen LogP contribution in [0, 0.1) is 0 Å². The van der Waals surface area contributed by atoms with E-state index < -0.39 is 12.0 Å². The first-order valence-electron chi connectivity index (χ1n) is 8.36. The largest absolute Gasteiger partial charge is 0.449 e. The van der Waals surface area contributed by atoms with E-state index in [1.807, 2.05) is 24.3 Å². The van der Waals surface area contributed by atoms with Crippen molar-refractivity contribution in [2.24, 2.45) is 4.99 Å². The highest BCUT2D eigenvalue weighted by molar-refractivity contribution is 5.85. The van der Waals surface area contributed by atoms with E-state index in [0.29, 0.717) is 11.2 Å². The van der Waals surface area contributed by atoms with Crippen LogP contribution in [0.15, 0.2) is 47.5 Å². The molecule has 0 spiro atoms. The van der Waals surface area contributed by atoms with Gasteiger partial charge in [-0.3, -0.25) is 4.99 Å². The molecule has 3 rings (SSSR count). The second kappa shape index (κ2) is 7.19. The maximum atomic E-state index is 12.7. The highest BCUT2D eigenvalue weighted by Gasteiger charge is 2.34. The van der Waals surface area contributed by atoms with E-state index in [-0.39, 0.29) is 5.52 Å².